The summed E-state index contributed by atoms with van der Waals surface area (Å²) in [4.78, 5) is 35.0. The van der Waals surface area contributed by atoms with Crippen LogP contribution in [0.3, 0.4) is 0 Å². The van der Waals surface area contributed by atoms with Crippen LogP contribution in [0.1, 0.15) is 22.4 Å². The summed E-state index contributed by atoms with van der Waals surface area (Å²) in [5, 5.41) is 0.633. The molecule has 0 aliphatic carbocycles. The molecule has 1 fully saturated rings. The highest BCUT2D eigenvalue weighted by atomic mass is 32.1. The molecular formula is C22H26N4O2S. The van der Waals surface area contributed by atoms with E-state index >= 15 is 0 Å². The van der Waals surface area contributed by atoms with Crippen molar-refractivity contribution in [3.05, 3.63) is 57.0 Å². The maximum Gasteiger partial charge on any atom is 0.270 e. The second-order valence-corrected chi connectivity index (χ2v) is 8.86. The highest BCUT2D eigenvalue weighted by molar-refractivity contribution is 7.13. The first kappa shape index (κ1) is 19.6. The zero-order valence-corrected chi connectivity index (χ0v) is 18.2. The molecule has 3 heterocycles. The normalized spacial score (nSPS) is 14.6. The van der Waals surface area contributed by atoms with Gasteiger partial charge in [0, 0.05) is 37.6 Å². The molecule has 4 rings (SSSR count). The molecule has 1 amide bonds. The Bertz CT molecular complexity index is 1140. The predicted molar refractivity (Wildman–Crippen MR) is 118 cm³/mol. The number of fused-ring (bicyclic) bond motifs is 1. The third kappa shape index (κ3) is 3.79. The van der Waals surface area contributed by atoms with Crippen LogP contribution in [-0.2, 0) is 11.3 Å². The fourth-order valence-corrected chi connectivity index (χ4v) is 5.07. The molecule has 0 unspecified atom stereocenters. The van der Waals surface area contributed by atoms with Gasteiger partial charge in [-0.25, -0.2) is 4.98 Å². The van der Waals surface area contributed by atoms with Crippen LogP contribution in [0.15, 0.2) is 29.1 Å². The number of anilines is 1. The number of hydrogen-bond acceptors (Lipinski definition) is 5. The molecule has 152 valence electrons. The molecule has 0 bridgehead atoms. The van der Waals surface area contributed by atoms with Gasteiger partial charge in [0.1, 0.15) is 11.4 Å². The number of aryl methyl sites for hydroxylation is 4. The van der Waals surface area contributed by atoms with Crippen molar-refractivity contribution < 1.29 is 4.79 Å². The molecule has 1 saturated heterocycles. The molecule has 1 aromatic carbocycles. The van der Waals surface area contributed by atoms with Crippen LogP contribution in [0, 0.1) is 27.7 Å². The number of nitrogens with zero attached hydrogens (tertiary/aromatic N) is 4. The number of hydrogen-bond donors (Lipinski definition) is 0. The fraction of sp³-hybridized carbons (Fsp3) is 0.409. The van der Waals surface area contributed by atoms with Crippen LogP contribution < -0.4 is 10.5 Å². The standard InChI is InChI=1S/C22H26N4O2S/c1-14-5-6-15(2)18(11-14)24-7-9-25(10-8-24)19(27)13-26-22(28)20-16(3)12-17(4)23-21(20)29-26/h5-6,11-12H,7-10,13H2,1-4H3. The van der Waals surface area contributed by atoms with Crippen molar-refractivity contribution in [2.24, 2.45) is 0 Å². The van der Waals surface area contributed by atoms with Crippen molar-refractivity contribution in [1.82, 2.24) is 13.8 Å². The van der Waals surface area contributed by atoms with E-state index in [1.807, 2.05) is 24.8 Å². The van der Waals surface area contributed by atoms with E-state index in [2.05, 4.69) is 41.9 Å². The van der Waals surface area contributed by atoms with E-state index in [0.29, 0.717) is 23.3 Å². The third-order valence-electron chi connectivity index (χ3n) is 5.57. The summed E-state index contributed by atoms with van der Waals surface area (Å²) in [7, 11) is 0. The second-order valence-electron chi connectivity index (χ2n) is 7.85. The van der Waals surface area contributed by atoms with Gasteiger partial charge in [-0.15, -0.1) is 0 Å². The lowest BCUT2D eigenvalue weighted by molar-refractivity contribution is -0.132. The van der Waals surface area contributed by atoms with Gasteiger partial charge in [0.25, 0.3) is 5.56 Å². The van der Waals surface area contributed by atoms with E-state index in [1.54, 1.807) is 3.96 Å². The number of carbonyl (C=O) groups excluding carboxylic acids is 1. The second kappa shape index (κ2) is 7.63. The topological polar surface area (TPSA) is 58.4 Å². The highest BCUT2D eigenvalue weighted by Gasteiger charge is 2.23. The number of aromatic nitrogens is 2. The minimum Gasteiger partial charge on any atom is -0.368 e. The quantitative estimate of drug-likeness (QED) is 0.666. The molecule has 7 heteroatoms. The van der Waals surface area contributed by atoms with Crippen molar-refractivity contribution in [1.29, 1.82) is 0 Å². The summed E-state index contributed by atoms with van der Waals surface area (Å²) in [6.07, 6.45) is 0. The van der Waals surface area contributed by atoms with Gasteiger partial charge in [-0.05, 0) is 68.1 Å². The summed E-state index contributed by atoms with van der Waals surface area (Å²) >= 11 is 1.28. The molecule has 3 aromatic rings. The first-order valence-corrected chi connectivity index (χ1v) is 10.7. The molecule has 0 atom stereocenters. The summed E-state index contributed by atoms with van der Waals surface area (Å²) in [6, 6.07) is 8.39. The zero-order valence-electron chi connectivity index (χ0n) is 17.4. The Labute approximate surface area is 174 Å². The Morgan fingerprint density at radius 2 is 1.76 bits per heavy atom. The van der Waals surface area contributed by atoms with Crippen LogP contribution in [0.25, 0.3) is 10.2 Å². The molecule has 6 nitrogen and oxygen atoms in total. The highest BCUT2D eigenvalue weighted by Crippen LogP contribution is 2.23. The minimum absolute atomic E-state index is 0.00588. The molecule has 0 N–H and O–H groups in total. The zero-order chi connectivity index (χ0) is 20.7. The van der Waals surface area contributed by atoms with Crippen LogP contribution in [0.4, 0.5) is 5.69 Å². The Balaban J connectivity index is 1.46. The lowest BCUT2D eigenvalue weighted by Crippen LogP contribution is -2.50. The van der Waals surface area contributed by atoms with Gasteiger partial charge in [-0.1, -0.05) is 12.1 Å². The largest absolute Gasteiger partial charge is 0.368 e. The molecule has 0 saturated carbocycles. The average Bonchev–Trinajstić information content (AvgIpc) is 2.99. The molecule has 1 aliphatic rings. The van der Waals surface area contributed by atoms with Crippen molar-refractivity contribution in [3.8, 4) is 0 Å². The fourth-order valence-electron chi connectivity index (χ4n) is 3.98. The van der Waals surface area contributed by atoms with E-state index in [1.165, 1.54) is 28.3 Å². The SMILES string of the molecule is Cc1ccc(C)c(N2CCN(C(=O)Cn3sc4nc(C)cc(C)c4c3=O)CC2)c1. The smallest absolute Gasteiger partial charge is 0.270 e. The van der Waals surface area contributed by atoms with Crippen molar-refractivity contribution in [3.63, 3.8) is 0 Å². The van der Waals surface area contributed by atoms with Crippen LogP contribution in [0.5, 0.6) is 0 Å². The van der Waals surface area contributed by atoms with Crippen molar-refractivity contribution in [2.45, 2.75) is 34.2 Å². The maximum absolute atomic E-state index is 12.8. The van der Waals surface area contributed by atoms with E-state index < -0.39 is 0 Å². The number of rotatable bonds is 3. The minimum atomic E-state index is -0.114. The number of benzene rings is 1. The molecular weight excluding hydrogens is 384 g/mol. The van der Waals surface area contributed by atoms with E-state index in [0.717, 1.165) is 24.3 Å². The van der Waals surface area contributed by atoms with Crippen LogP contribution >= 0.6 is 11.5 Å². The number of carbonyl (C=O) groups is 1. The van der Waals surface area contributed by atoms with Gasteiger partial charge in [-0.2, -0.15) is 0 Å². The summed E-state index contributed by atoms with van der Waals surface area (Å²) < 4.78 is 1.55. The van der Waals surface area contributed by atoms with Gasteiger partial charge in [0.2, 0.25) is 5.91 Å². The van der Waals surface area contributed by atoms with Gasteiger partial charge in [0.05, 0.1) is 5.39 Å². The van der Waals surface area contributed by atoms with Crippen LogP contribution in [-0.4, -0.2) is 45.9 Å². The number of piperazine rings is 1. The lowest BCUT2D eigenvalue weighted by atomic mass is 10.1. The van der Waals surface area contributed by atoms with E-state index in [-0.39, 0.29) is 18.0 Å². The monoisotopic (exact) mass is 410 g/mol. The maximum atomic E-state index is 12.8. The lowest BCUT2D eigenvalue weighted by Gasteiger charge is -2.37. The summed E-state index contributed by atoms with van der Waals surface area (Å²) in [5.74, 6) is -0.00588. The summed E-state index contributed by atoms with van der Waals surface area (Å²) in [6.45, 7) is 11.1. The van der Waals surface area contributed by atoms with Crippen LogP contribution in [0.2, 0.25) is 0 Å². The van der Waals surface area contributed by atoms with E-state index in [9.17, 15) is 9.59 Å². The van der Waals surface area contributed by atoms with Gasteiger partial charge >= 0.3 is 0 Å². The van der Waals surface area contributed by atoms with Crippen molar-refractivity contribution >= 4 is 33.3 Å². The van der Waals surface area contributed by atoms with Crippen molar-refractivity contribution in [2.75, 3.05) is 31.1 Å². The number of pyridine rings is 1. The van der Waals surface area contributed by atoms with Gasteiger partial charge in [0.15, 0.2) is 0 Å². The predicted octanol–water partition coefficient (Wildman–Crippen LogP) is 3.04. The molecule has 29 heavy (non-hydrogen) atoms. The Morgan fingerprint density at radius 1 is 1.03 bits per heavy atom. The summed E-state index contributed by atoms with van der Waals surface area (Å²) in [5.41, 5.74) is 5.43. The Morgan fingerprint density at radius 3 is 2.48 bits per heavy atom. The molecule has 1 aliphatic heterocycles. The average molecular weight is 411 g/mol. The Kier molecular flexibility index (Phi) is 5.17. The molecule has 0 spiro atoms. The van der Waals surface area contributed by atoms with Gasteiger partial charge in [-0.3, -0.25) is 13.5 Å². The van der Waals surface area contributed by atoms with E-state index in [4.69, 9.17) is 0 Å². The van der Waals surface area contributed by atoms with Gasteiger partial charge < -0.3 is 9.80 Å². The third-order valence-corrected chi connectivity index (χ3v) is 6.55. The Hall–Kier alpha value is -2.67. The first-order chi connectivity index (χ1) is 13.8. The molecule has 2 aromatic heterocycles. The number of amides is 1. The molecule has 0 radical (unpaired) electrons. The first-order valence-electron chi connectivity index (χ1n) is 9.91.